The predicted molar refractivity (Wildman–Crippen MR) is 123 cm³/mol. The molecule has 4 rings (SSSR count). The minimum Gasteiger partial charge on any atom is -0.171 e. The van der Waals surface area contributed by atoms with Crippen LogP contribution < -0.4 is 0 Å². The number of hydrogen-bond acceptors (Lipinski definition) is 0. The summed E-state index contributed by atoms with van der Waals surface area (Å²) in [6, 6.07) is 0. The van der Waals surface area contributed by atoms with E-state index >= 15 is 0 Å². The van der Waals surface area contributed by atoms with Gasteiger partial charge in [0.15, 0.2) is 0 Å². The Bertz CT molecular complexity index is 612. The van der Waals surface area contributed by atoms with Crippen LogP contribution in [0.15, 0.2) is 0 Å². The Morgan fingerprint density at radius 2 is 1.58 bits per heavy atom. The van der Waals surface area contributed by atoms with Crippen LogP contribution >= 0.6 is 0 Å². The maximum absolute atomic E-state index is 12.8. The van der Waals surface area contributed by atoms with Crippen LogP contribution in [-0.4, -0.2) is 6.18 Å². The molecule has 4 aliphatic carbocycles. The van der Waals surface area contributed by atoms with Crippen molar-refractivity contribution in [2.75, 3.05) is 0 Å². The van der Waals surface area contributed by atoms with Gasteiger partial charge in [0.2, 0.25) is 0 Å². The number of unbranched alkanes of at least 4 members (excludes halogenated alkanes) is 1. The molecule has 0 N–H and O–H groups in total. The molecule has 4 fully saturated rings. The lowest BCUT2D eigenvalue weighted by molar-refractivity contribution is -0.171. The molecule has 9 unspecified atom stereocenters. The van der Waals surface area contributed by atoms with E-state index < -0.39 is 12.1 Å². The second-order valence-electron chi connectivity index (χ2n) is 12.8. The van der Waals surface area contributed by atoms with Gasteiger partial charge in [0.25, 0.3) is 0 Å². The molecule has 180 valence electrons. The predicted octanol–water partition coefficient (Wildman–Crippen LogP) is 9.43. The molecular formula is C28H47F3. The van der Waals surface area contributed by atoms with Gasteiger partial charge >= 0.3 is 6.18 Å². The van der Waals surface area contributed by atoms with E-state index in [1.807, 2.05) is 0 Å². The van der Waals surface area contributed by atoms with Crippen molar-refractivity contribution in [3.63, 3.8) is 0 Å². The van der Waals surface area contributed by atoms with Gasteiger partial charge in [-0.2, -0.15) is 13.2 Å². The highest BCUT2D eigenvalue weighted by atomic mass is 19.4. The average molecular weight is 441 g/mol. The Labute approximate surface area is 189 Å². The van der Waals surface area contributed by atoms with Gasteiger partial charge in [0, 0.05) is 0 Å². The minimum absolute atomic E-state index is 0.305. The van der Waals surface area contributed by atoms with Crippen molar-refractivity contribution in [3.05, 3.63) is 0 Å². The van der Waals surface area contributed by atoms with Crippen molar-refractivity contribution in [1.29, 1.82) is 0 Å². The highest BCUT2D eigenvalue weighted by Gasteiger charge is 2.59. The zero-order valence-electron chi connectivity index (χ0n) is 20.6. The van der Waals surface area contributed by atoms with Crippen LogP contribution in [0, 0.1) is 52.3 Å². The second-order valence-corrected chi connectivity index (χ2v) is 12.8. The Kier molecular flexibility index (Phi) is 6.84. The lowest BCUT2D eigenvalue weighted by Gasteiger charge is -2.61. The van der Waals surface area contributed by atoms with Crippen molar-refractivity contribution >= 4 is 0 Å². The summed E-state index contributed by atoms with van der Waals surface area (Å²) < 4.78 is 38.4. The molecule has 0 radical (unpaired) electrons. The number of fused-ring (bicyclic) bond motifs is 5. The fourth-order valence-corrected chi connectivity index (χ4v) is 9.31. The van der Waals surface area contributed by atoms with Gasteiger partial charge in [-0.3, -0.25) is 0 Å². The van der Waals surface area contributed by atoms with E-state index in [0.29, 0.717) is 17.3 Å². The maximum Gasteiger partial charge on any atom is 0.391 e. The topological polar surface area (TPSA) is 0 Å². The summed E-state index contributed by atoms with van der Waals surface area (Å²) >= 11 is 0. The number of hydrogen-bond donors (Lipinski definition) is 0. The number of rotatable bonds is 6. The summed E-state index contributed by atoms with van der Waals surface area (Å²) in [7, 11) is 0. The molecular weight excluding hydrogens is 393 g/mol. The van der Waals surface area contributed by atoms with Crippen LogP contribution in [0.4, 0.5) is 13.2 Å². The molecule has 0 aromatic rings. The Morgan fingerprint density at radius 1 is 0.871 bits per heavy atom. The van der Waals surface area contributed by atoms with Gasteiger partial charge in [-0.05, 0) is 117 Å². The zero-order valence-corrected chi connectivity index (χ0v) is 20.6. The first-order valence-electron chi connectivity index (χ1n) is 13.7. The van der Waals surface area contributed by atoms with Gasteiger partial charge in [-0.15, -0.1) is 0 Å². The van der Waals surface area contributed by atoms with E-state index in [9.17, 15) is 13.2 Å². The van der Waals surface area contributed by atoms with E-state index in [1.54, 1.807) is 0 Å². The van der Waals surface area contributed by atoms with Gasteiger partial charge in [0.1, 0.15) is 0 Å². The summed E-state index contributed by atoms with van der Waals surface area (Å²) in [6.07, 6.45) is 13.4. The quantitative estimate of drug-likeness (QED) is 0.361. The highest BCUT2D eigenvalue weighted by molar-refractivity contribution is 5.09. The summed E-state index contributed by atoms with van der Waals surface area (Å²) in [4.78, 5) is 0. The van der Waals surface area contributed by atoms with Crippen LogP contribution in [0.1, 0.15) is 118 Å². The second kappa shape index (κ2) is 8.86. The molecule has 0 aromatic carbocycles. The Hall–Kier alpha value is -0.210. The van der Waals surface area contributed by atoms with Gasteiger partial charge in [-0.25, -0.2) is 0 Å². The molecule has 0 saturated heterocycles. The normalized spacial score (nSPS) is 46.2. The molecule has 0 aliphatic heterocycles. The first-order valence-corrected chi connectivity index (χ1v) is 13.7. The monoisotopic (exact) mass is 440 g/mol. The highest BCUT2D eigenvalue weighted by Crippen LogP contribution is 2.68. The largest absolute Gasteiger partial charge is 0.391 e. The lowest BCUT2D eigenvalue weighted by Crippen LogP contribution is -2.53. The van der Waals surface area contributed by atoms with Crippen molar-refractivity contribution in [3.8, 4) is 0 Å². The molecule has 0 aromatic heterocycles. The molecule has 4 aliphatic rings. The van der Waals surface area contributed by atoms with E-state index in [4.69, 9.17) is 0 Å². The molecule has 3 heteroatoms. The molecule has 4 saturated carbocycles. The SMILES string of the molecule is CCC1CCC2(C)C(CCC3C4CCC(CCCCC(C)C(F)(F)F)C4(C)CCC32)C1. The molecule has 0 heterocycles. The zero-order chi connectivity index (χ0) is 22.4. The number of halogens is 3. The van der Waals surface area contributed by atoms with Crippen LogP contribution in [0.2, 0.25) is 0 Å². The fourth-order valence-electron chi connectivity index (χ4n) is 9.31. The van der Waals surface area contributed by atoms with E-state index in [2.05, 4.69) is 20.8 Å². The van der Waals surface area contributed by atoms with Crippen molar-refractivity contribution < 1.29 is 13.2 Å². The van der Waals surface area contributed by atoms with Crippen molar-refractivity contribution in [1.82, 2.24) is 0 Å². The molecule has 31 heavy (non-hydrogen) atoms. The van der Waals surface area contributed by atoms with Crippen molar-refractivity contribution in [2.24, 2.45) is 52.3 Å². The molecule has 9 atom stereocenters. The third kappa shape index (κ3) is 4.34. The summed E-state index contributed by atoms with van der Waals surface area (Å²) in [5.74, 6) is 4.28. The summed E-state index contributed by atoms with van der Waals surface area (Å²) in [6.45, 7) is 8.97. The minimum atomic E-state index is -4.02. The third-order valence-corrected chi connectivity index (χ3v) is 11.5. The Balaban J connectivity index is 1.36. The van der Waals surface area contributed by atoms with E-state index in [1.165, 1.54) is 71.1 Å². The third-order valence-electron chi connectivity index (χ3n) is 11.5. The molecule has 0 spiro atoms. The van der Waals surface area contributed by atoms with Crippen LogP contribution in [0.3, 0.4) is 0 Å². The Morgan fingerprint density at radius 3 is 2.29 bits per heavy atom. The smallest absolute Gasteiger partial charge is 0.171 e. The molecule has 0 bridgehead atoms. The van der Waals surface area contributed by atoms with E-state index in [-0.39, 0.29) is 0 Å². The maximum atomic E-state index is 12.8. The van der Waals surface area contributed by atoms with Gasteiger partial charge in [-0.1, -0.05) is 47.0 Å². The fraction of sp³-hybridized carbons (Fsp3) is 1.00. The lowest BCUT2D eigenvalue weighted by atomic mass is 9.44. The summed E-state index contributed by atoms with van der Waals surface area (Å²) in [5, 5.41) is 0. The average Bonchev–Trinajstić information content (AvgIpc) is 3.06. The van der Waals surface area contributed by atoms with Crippen LogP contribution in [0.5, 0.6) is 0 Å². The van der Waals surface area contributed by atoms with Gasteiger partial charge in [0.05, 0.1) is 5.92 Å². The molecule has 0 nitrogen and oxygen atoms in total. The molecule has 0 amide bonds. The first kappa shape index (κ1) is 23.9. The summed E-state index contributed by atoms with van der Waals surface area (Å²) in [5.41, 5.74) is 1.04. The van der Waals surface area contributed by atoms with E-state index in [0.717, 1.165) is 54.8 Å². The standard InChI is InChI=1S/C28H47F3/c1-5-20-14-16-27(4)22(18-20)10-12-23-24-13-11-21(26(24,3)17-15-25(23)27)9-7-6-8-19(2)28(29,30)31/h19-25H,5-18H2,1-4H3. The van der Waals surface area contributed by atoms with Crippen molar-refractivity contribution in [2.45, 2.75) is 124 Å². The number of alkyl halides is 3. The van der Waals surface area contributed by atoms with Crippen LogP contribution in [0.25, 0.3) is 0 Å². The van der Waals surface area contributed by atoms with Gasteiger partial charge < -0.3 is 0 Å². The van der Waals surface area contributed by atoms with Crippen LogP contribution in [-0.2, 0) is 0 Å². The first-order chi connectivity index (χ1) is 14.6.